The smallest absolute Gasteiger partial charge is 0.236 e. The van der Waals surface area contributed by atoms with Crippen molar-refractivity contribution < 1.29 is 14.3 Å². The molecule has 1 fully saturated rings. The van der Waals surface area contributed by atoms with Gasteiger partial charge in [-0.05, 0) is 24.6 Å². The molecule has 0 saturated carbocycles. The molecule has 0 spiro atoms. The number of carbonyl (C=O) groups excluding carboxylic acids is 2. The van der Waals surface area contributed by atoms with Gasteiger partial charge in [-0.3, -0.25) is 14.5 Å². The van der Waals surface area contributed by atoms with Gasteiger partial charge in [0.25, 0.3) is 0 Å². The molecule has 1 aromatic rings. The number of rotatable bonds is 3. The summed E-state index contributed by atoms with van der Waals surface area (Å²) in [6.07, 6.45) is 0.267. The van der Waals surface area contributed by atoms with Crippen LogP contribution < -0.4 is 4.74 Å². The number of likely N-dealkylation sites (tertiary alicyclic amines) is 1. The zero-order valence-electron chi connectivity index (χ0n) is 9.97. The van der Waals surface area contributed by atoms with Crippen molar-refractivity contribution in [1.82, 2.24) is 4.90 Å². The number of nitrogens with zero attached hydrogens (tertiary/aromatic N) is 1. The fourth-order valence-corrected chi connectivity index (χ4v) is 1.98. The zero-order valence-corrected chi connectivity index (χ0v) is 9.97. The first-order valence-electron chi connectivity index (χ1n) is 5.66. The monoisotopic (exact) mass is 233 g/mol. The van der Waals surface area contributed by atoms with E-state index in [1.165, 1.54) is 11.9 Å². The molecule has 1 saturated heterocycles. The molecular formula is C13H15NO3. The number of hydrogen-bond donors (Lipinski definition) is 0. The van der Waals surface area contributed by atoms with E-state index in [0.717, 1.165) is 11.3 Å². The van der Waals surface area contributed by atoms with E-state index in [9.17, 15) is 9.59 Å². The van der Waals surface area contributed by atoms with Gasteiger partial charge in [-0.1, -0.05) is 12.1 Å². The van der Waals surface area contributed by atoms with E-state index in [-0.39, 0.29) is 24.2 Å². The lowest BCUT2D eigenvalue weighted by Crippen LogP contribution is -2.25. The van der Waals surface area contributed by atoms with Gasteiger partial charge in [0.15, 0.2) is 0 Å². The van der Waals surface area contributed by atoms with Gasteiger partial charge in [-0.15, -0.1) is 0 Å². The minimum absolute atomic E-state index is 0.117. The summed E-state index contributed by atoms with van der Waals surface area (Å²) in [5.74, 6) is 0.206. The maximum atomic E-state index is 11.8. The molecule has 4 heteroatoms. The van der Waals surface area contributed by atoms with Gasteiger partial charge in [0.2, 0.25) is 11.8 Å². The molecule has 1 aliphatic heterocycles. The molecule has 0 bridgehead atoms. The van der Waals surface area contributed by atoms with E-state index in [1.54, 1.807) is 0 Å². The SMILES string of the molecule is CCOc1ccc(C2CC(=O)N(C)C2=O)cc1. The molecule has 2 amide bonds. The number of benzene rings is 1. The highest BCUT2D eigenvalue weighted by Gasteiger charge is 2.36. The summed E-state index contributed by atoms with van der Waals surface area (Å²) >= 11 is 0. The van der Waals surface area contributed by atoms with Crippen LogP contribution in [0.2, 0.25) is 0 Å². The fourth-order valence-electron chi connectivity index (χ4n) is 1.98. The first kappa shape index (κ1) is 11.6. The number of amides is 2. The average molecular weight is 233 g/mol. The summed E-state index contributed by atoms with van der Waals surface area (Å²) in [4.78, 5) is 24.4. The summed E-state index contributed by atoms with van der Waals surface area (Å²) in [6.45, 7) is 2.53. The summed E-state index contributed by atoms with van der Waals surface area (Å²) in [5.41, 5.74) is 0.871. The van der Waals surface area contributed by atoms with Crippen molar-refractivity contribution in [3.63, 3.8) is 0 Å². The second kappa shape index (κ2) is 4.57. The van der Waals surface area contributed by atoms with Gasteiger partial charge in [0.1, 0.15) is 5.75 Å². The van der Waals surface area contributed by atoms with E-state index in [1.807, 2.05) is 31.2 Å². The fraction of sp³-hybridized carbons (Fsp3) is 0.385. The minimum Gasteiger partial charge on any atom is -0.494 e. The van der Waals surface area contributed by atoms with Crippen LogP contribution in [0.4, 0.5) is 0 Å². The van der Waals surface area contributed by atoms with E-state index < -0.39 is 0 Å². The Kier molecular flexibility index (Phi) is 3.13. The third kappa shape index (κ3) is 2.16. The molecule has 17 heavy (non-hydrogen) atoms. The van der Waals surface area contributed by atoms with E-state index >= 15 is 0 Å². The van der Waals surface area contributed by atoms with Crippen LogP contribution in [0, 0.1) is 0 Å². The summed E-state index contributed by atoms with van der Waals surface area (Å²) in [7, 11) is 1.53. The molecule has 4 nitrogen and oxygen atoms in total. The van der Waals surface area contributed by atoms with Gasteiger partial charge in [0.05, 0.1) is 12.5 Å². The molecule has 1 atom stereocenters. The van der Waals surface area contributed by atoms with Crippen molar-refractivity contribution in [3.8, 4) is 5.75 Å². The summed E-state index contributed by atoms with van der Waals surface area (Å²) < 4.78 is 5.33. The first-order chi connectivity index (χ1) is 8.13. The highest BCUT2D eigenvalue weighted by molar-refractivity contribution is 6.05. The third-order valence-corrected chi connectivity index (χ3v) is 2.97. The molecule has 1 aliphatic rings. The maximum Gasteiger partial charge on any atom is 0.236 e. The largest absolute Gasteiger partial charge is 0.494 e. The van der Waals surface area contributed by atoms with Gasteiger partial charge in [-0.2, -0.15) is 0 Å². The minimum atomic E-state index is -0.330. The Morgan fingerprint density at radius 3 is 2.41 bits per heavy atom. The van der Waals surface area contributed by atoms with Gasteiger partial charge in [0, 0.05) is 13.5 Å². The zero-order chi connectivity index (χ0) is 12.4. The Morgan fingerprint density at radius 2 is 1.94 bits per heavy atom. The molecule has 0 N–H and O–H groups in total. The van der Waals surface area contributed by atoms with Crippen LogP contribution in [0.1, 0.15) is 24.8 Å². The highest BCUT2D eigenvalue weighted by Crippen LogP contribution is 2.29. The topological polar surface area (TPSA) is 46.6 Å². The van der Waals surface area contributed by atoms with Crippen molar-refractivity contribution in [2.24, 2.45) is 0 Å². The van der Waals surface area contributed by atoms with Crippen LogP contribution in [0.25, 0.3) is 0 Å². The van der Waals surface area contributed by atoms with Crippen molar-refractivity contribution in [2.45, 2.75) is 19.3 Å². The van der Waals surface area contributed by atoms with Gasteiger partial charge in [-0.25, -0.2) is 0 Å². The van der Waals surface area contributed by atoms with Crippen LogP contribution in [0.3, 0.4) is 0 Å². The average Bonchev–Trinajstić information content (AvgIpc) is 2.59. The molecule has 0 aromatic heterocycles. The Labute approximate surface area is 100 Å². The van der Waals surface area contributed by atoms with Gasteiger partial charge < -0.3 is 4.74 Å². The van der Waals surface area contributed by atoms with Crippen molar-refractivity contribution in [1.29, 1.82) is 0 Å². The number of imide groups is 1. The van der Waals surface area contributed by atoms with E-state index in [0.29, 0.717) is 6.61 Å². The number of likely N-dealkylation sites (N-methyl/N-ethyl adjacent to an activating group) is 1. The lowest BCUT2D eigenvalue weighted by molar-refractivity contribution is -0.137. The van der Waals surface area contributed by atoms with Crippen molar-refractivity contribution in [3.05, 3.63) is 29.8 Å². The third-order valence-electron chi connectivity index (χ3n) is 2.97. The normalized spacial score (nSPS) is 19.9. The number of hydrogen-bond acceptors (Lipinski definition) is 3. The Hall–Kier alpha value is -1.84. The standard InChI is InChI=1S/C13H15NO3/c1-3-17-10-6-4-9(5-7-10)11-8-12(15)14(2)13(11)16/h4-7,11H,3,8H2,1-2H3. The highest BCUT2D eigenvalue weighted by atomic mass is 16.5. The Morgan fingerprint density at radius 1 is 1.29 bits per heavy atom. The Bertz CT molecular complexity index is 438. The second-order valence-electron chi connectivity index (χ2n) is 4.05. The quantitative estimate of drug-likeness (QED) is 0.744. The van der Waals surface area contributed by atoms with Crippen LogP contribution in [-0.4, -0.2) is 30.4 Å². The molecule has 90 valence electrons. The van der Waals surface area contributed by atoms with Crippen LogP contribution in [0.15, 0.2) is 24.3 Å². The van der Waals surface area contributed by atoms with Crippen molar-refractivity contribution >= 4 is 11.8 Å². The lowest BCUT2D eigenvalue weighted by atomic mass is 9.97. The molecule has 0 radical (unpaired) electrons. The first-order valence-corrected chi connectivity index (χ1v) is 5.66. The van der Waals surface area contributed by atoms with Crippen LogP contribution in [0.5, 0.6) is 5.75 Å². The van der Waals surface area contributed by atoms with E-state index in [4.69, 9.17) is 4.74 Å². The molecule has 0 aliphatic carbocycles. The van der Waals surface area contributed by atoms with Crippen molar-refractivity contribution in [2.75, 3.05) is 13.7 Å². The summed E-state index contributed by atoms with van der Waals surface area (Å²) in [6, 6.07) is 7.35. The molecule has 1 aromatic carbocycles. The number of carbonyl (C=O) groups is 2. The van der Waals surface area contributed by atoms with E-state index in [2.05, 4.69) is 0 Å². The number of ether oxygens (including phenoxy) is 1. The second-order valence-corrected chi connectivity index (χ2v) is 4.05. The Balaban J connectivity index is 2.18. The molecule has 1 unspecified atom stereocenters. The lowest BCUT2D eigenvalue weighted by Gasteiger charge is -2.10. The predicted octanol–water partition coefficient (Wildman–Crippen LogP) is 1.56. The molecule has 1 heterocycles. The van der Waals surface area contributed by atoms with Gasteiger partial charge >= 0.3 is 0 Å². The molecular weight excluding hydrogens is 218 g/mol. The maximum absolute atomic E-state index is 11.8. The molecule has 2 rings (SSSR count). The predicted molar refractivity (Wildman–Crippen MR) is 62.7 cm³/mol. The van der Waals surface area contributed by atoms with Crippen LogP contribution in [-0.2, 0) is 9.59 Å². The summed E-state index contributed by atoms with van der Waals surface area (Å²) in [5, 5.41) is 0. The van der Waals surface area contributed by atoms with Crippen LogP contribution >= 0.6 is 0 Å².